The van der Waals surface area contributed by atoms with Gasteiger partial charge in [0.05, 0.1) is 0 Å². The van der Waals surface area contributed by atoms with Gasteiger partial charge in [0.15, 0.2) is 4.90 Å². The molecule has 0 amide bonds. The van der Waals surface area contributed by atoms with E-state index in [1.807, 2.05) is 6.92 Å². The molecule has 0 spiro atoms. The minimum absolute atomic E-state index is 0.0516. The van der Waals surface area contributed by atoms with E-state index in [4.69, 9.17) is 0 Å². The summed E-state index contributed by atoms with van der Waals surface area (Å²) in [5.41, 5.74) is 0. The number of halogens is 4. The highest BCUT2D eigenvalue weighted by atomic mass is 79.9. The summed E-state index contributed by atoms with van der Waals surface area (Å²) in [6.45, 7) is 1.96. The van der Waals surface area contributed by atoms with Crippen LogP contribution in [0.2, 0.25) is 0 Å². The zero-order valence-electron chi connectivity index (χ0n) is 10.8. The third-order valence-electron chi connectivity index (χ3n) is 2.89. The fraction of sp³-hybridized carbons (Fsp3) is 0.500. The molecule has 0 aliphatic heterocycles. The van der Waals surface area contributed by atoms with Gasteiger partial charge in [0.1, 0.15) is 17.5 Å². The first-order valence-corrected chi connectivity index (χ1v) is 8.62. The standard InChI is InChI=1S/C12H15BrF3NO2S/c1-2-8(3-4-13)7-17-20(18,19)12-10(15)5-9(14)6-11(12)16/h5-6,8,17H,2-4,7H2,1H3. The lowest BCUT2D eigenvalue weighted by molar-refractivity contribution is 0.471. The van der Waals surface area contributed by atoms with Crippen LogP contribution in [0, 0.1) is 23.4 Å². The van der Waals surface area contributed by atoms with Gasteiger partial charge in [0.25, 0.3) is 0 Å². The summed E-state index contributed by atoms with van der Waals surface area (Å²) < 4.78 is 65.6. The van der Waals surface area contributed by atoms with Crippen LogP contribution in [0.4, 0.5) is 13.2 Å². The highest BCUT2D eigenvalue weighted by Gasteiger charge is 2.25. The molecule has 0 heterocycles. The predicted octanol–water partition coefficient (Wildman–Crippen LogP) is 3.19. The van der Waals surface area contributed by atoms with Crippen molar-refractivity contribution >= 4 is 26.0 Å². The van der Waals surface area contributed by atoms with Crippen molar-refractivity contribution < 1.29 is 21.6 Å². The molecular formula is C12H15BrF3NO2S. The quantitative estimate of drug-likeness (QED) is 0.746. The summed E-state index contributed by atoms with van der Waals surface area (Å²) in [6, 6.07) is 0.681. The highest BCUT2D eigenvalue weighted by Crippen LogP contribution is 2.20. The van der Waals surface area contributed by atoms with Crippen molar-refractivity contribution in [3.63, 3.8) is 0 Å². The summed E-state index contributed by atoms with van der Waals surface area (Å²) in [4.78, 5) is -1.15. The lowest BCUT2D eigenvalue weighted by atomic mass is 10.0. The second-order valence-electron chi connectivity index (χ2n) is 4.30. The molecule has 114 valence electrons. The van der Waals surface area contributed by atoms with Crippen LogP contribution in [0.3, 0.4) is 0 Å². The first kappa shape index (κ1) is 17.5. The fourth-order valence-corrected chi connectivity index (χ4v) is 3.57. The van der Waals surface area contributed by atoms with E-state index in [1.54, 1.807) is 0 Å². The highest BCUT2D eigenvalue weighted by molar-refractivity contribution is 9.09. The van der Waals surface area contributed by atoms with Gasteiger partial charge in [0, 0.05) is 24.0 Å². The van der Waals surface area contributed by atoms with E-state index in [0.717, 1.165) is 12.8 Å². The molecule has 0 saturated heterocycles. The van der Waals surface area contributed by atoms with Gasteiger partial charge in [0.2, 0.25) is 10.0 Å². The van der Waals surface area contributed by atoms with Crippen LogP contribution in [0.15, 0.2) is 17.0 Å². The van der Waals surface area contributed by atoms with Crippen LogP contribution in [0.25, 0.3) is 0 Å². The molecule has 0 aliphatic rings. The van der Waals surface area contributed by atoms with Crippen LogP contribution in [-0.4, -0.2) is 20.3 Å². The Morgan fingerprint density at radius 2 is 1.80 bits per heavy atom. The second-order valence-corrected chi connectivity index (χ2v) is 6.80. The number of nitrogens with one attached hydrogen (secondary N) is 1. The molecule has 1 unspecified atom stereocenters. The largest absolute Gasteiger partial charge is 0.246 e. The van der Waals surface area contributed by atoms with Crippen molar-refractivity contribution in [2.75, 3.05) is 11.9 Å². The van der Waals surface area contributed by atoms with Crippen molar-refractivity contribution in [2.24, 2.45) is 5.92 Å². The first-order valence-electron chi connectivity index (χ1n) is 6.02. The van der Waals surface area contributed by atoms with Crippen LogP contribution in [0.1, 0.15) is 19.8 Å². The Bertz CT molecular complexity index is 543. The number of benzene rings is 1. The Labute approximate surface area is 124 Å². The monoisotopic (exact) mass is 373 g/mol. The number of rotatable bonds is 7. The van der Waals surface area contributed by atoms with Gasteiger partial charge in [-0.3, -0.25) is 0 Å². The van der Waals surface area contributed by atoms with E-state index in [2.05, 4.69) is 20.7 Å². The minimum atomic E-state index is -4.34. The molecule has 1 aromatic rings. The lowest BCUT2D eigenvalue weighted by Crippen LogP contribution is -2.30. The average molecular weight is 374 g/mol. The molecular weight excluding hydrogens is 359 g/mol. The van der Waals surface area contributed by atoms with Crippen molar-refractivity contribution in [1.29, 1.82) is 0 Å². The van der Waals surface area contributed by atoms with Crippen molar-refractivity contribution in [3.05, 3.63) is 29.6 Å². The number of hydrogen-bond donors (Lipinski definition) is 1. The molecule has 0 fully saturated rings. The summed E-state index contributed by atoms with van der Waals surface area (Å²) in [6.07, 6.45) is 1.45. The summed E-state index contributed by atoms with van der Waals surface area (Å²) >= 11 is 3.25. The Kier molecular flexibility index (Phi) is 6.47. The minimum Gasteiger partial charge on any atom is -0.211 e. The summed E-state index contributed by atoms with van der Waals surface area (Å²) in [5, 5.41) is 0.701. The maximum absolute atomic E-state index is 13.5. The summed E-state index contributed by atoms with van der Waals surface area (Å²) in [5.74, 6) is -3.99. The Morgan fingerprint density at radius 3 is 2.25 bits per heavy atom. The maximum atomic E-state index is 13.5. The van der Waals surface area contributed by atoms with Crippen LogP contribution in [-0.2, 0) is 10.0 Å². The topological polar surface area (TPSA) is 46.2 Å². The Balaban J connectivity index is 2.95. The molecule has 8 heteroatoms. The van der Waals surface area contributed by atoms with Gasteiger partial charge in [-0.15, -0.1) is 0 Å². The van der Waals surface area contributed by atoms with Crippen LogP contribution >= 0.6 is 15.9 Å². The smallest absolute Gasteiger partial charge is 0.211 e. The molecule has 1 rings (SSSR count). The average Bonchev–Trinajstić information content (AvgIpc) is 2.32. The molecule has 0 bridgehead atoms. The first-order chi connectivity index (χ1) is 9.31. The van der Waals surface area contributed by atoms with Gasteiger partial charge >= 0.3 is 0 Å². The molecule has 0 saturated carbocycles. The molecule has 0 aromatic heterocycles. The van der Waals surface area contributed by atoms with Crippen molar-refractivity contribution in [2.45, 2.75) is 24.7 Å². The molecule has 1 atom stereocenters. The predicted molar refractivity (Wildman–Crippen MR) is 73.7 cm³/mol. The van der Waals surface area contributed by atoms with Crippen molar-refractivity contribution in [1.82, 2.24) is 4.72 Å². The van der Waals surface area contributed by atoms with Gasteiger partial charge in [-0.25, -0.2) is 26.3 Å². The Hall–Kier alpha value is -0.600. The van der Waals surface area contributed by atoms with E-state index >= 15 is 0 Å². The molecule has 0 radical (unpaired) electrons. The van der Waals surface area contributed by atoms with E-state index < -0.39 is 32.4 Å². The zero-order valence-corrected chi connectivity index (χ0v) is 13.2. The van der Waals surface area contributed by atoms with Gasteiger partial charge in [-0.05, 0) is 12.3 Å². The molecule has 3 nitrogen and oxygen atoms in total. The normalized spacial score (nSPS) is 13.4. The molecule has 20 heavy (non-hydrogen) atoms. The van der Waals surface area contributed by atoms with E-state index in [9.17, 15) is 21.6 Å². The maximum Gasteiger partial charge on any atom is 0.246 e. The van der Waals surface area contributed by atoms with Gasteiger partial charge < -0.3 is 0 Å². The third-order valence-corrected chi connectivity index (χ3v) is 4.82. The third kappa shape index (κ3) is 4.46. The number of alkyl halides is 1. The second kappa shape index (κ2) is 7.42. The molecule has 0 aliphatic carbocycles. The fourth-order valence-electron chi connectivity index (χ4n) is 1.69. The Morgan fingerprint density at radius 1 is 1.25 bits per heavy atom. The van der Waals surface area contributed by atoms with Crippen LogP contribution < -0.4 is 4.72 Å². The summed E-state index contributed by atoms with van der Waals surface area (Å²) in [7, 11) is -4.34. The lowest BCUT2D eigenvalue weighted by Gasteiger charge is -2.15. The van der Waals surface area contributed by atoms with E-state index in [1.165, 1.54) is 0 Å². The van der Waals surface area contributed by atoms with Gasteiger partial charge in [-0.1, -0.05) is 29.3 Å². The zero-order chi connectivity index (χ0) is 15.3. The molecule has 1 aromatic carbocycles. The SMILES string of the molecule is CCC(CCBr)CNS(=O)(=O)c1c(F)cc(F)cc1F. The van der Waals surface area contributed by atoms with E-state index in [0.29, 0.717) is 17.5 Å². The number of sulfonamides is 1. The molecule has 1 N–H and O–H groups in total. The van der Waals surface area contributed by atoms with Crippen molar-refractivity contribution in [3.8, 4) is 0 Å². The number of hydrogen-bond acceptors (Lipinski definition) is 2. The van der Waals surface area contributed by atoms with Crippen LogP contribution in [0.5, 0.6) is 0 Å². The van der Waals surface area contributed by atoms with E-state index in [-0.39, 0.29) is 12.5 Å². The van der Waals surface area contributed by atoms with Gasteiger partial charge in [-0.2, -0.15) is 0 Å².